The Morgan fingerprint density at radius 2 is 1.21 bits per heavy atom. The van der Waals surface area contributed by atoms with Gasteiger partial charge in [-0.15, -0.1) is 0 Å². The van der Waals surface area contributed by atoms with Gasteiger partial charge in [0.15, 0.2) is 17.5 Å². The molecule has 1 aliphatic rings. The Kier molecular flexibility index (Phi) is 5.84. The van der Waals surface area contributed by atoms with Gasteiger partial charge in [0, 0.05) is 51.2 Å². The van der Waals surface area contributed by atoms with Crippen LogP contribution in [0.25, 0.3) is 95.0 Å². The van der Waals surface area contributed by atoms with E-state index in [-0.39, 0.29) is 0 Å². The van der Waals surface area contributed by atoms with Gasteiger partial charge in [-0.25, -0.2) is 15.0 Å². The van der Waals surface area contributed by atoms with Gasteiger partial charge in [0.05, 0.1) is 0 Å². The summed E-state index contributed by atoms with van der Waals surface area (Å²) in [5.41, 5.74) is 8.74. The van der Waals surface area contributed by atoms with E-state index in [4.69, 9.17) is 23.8 Å². The van der Waals surface area contributed by atoms with Gasteiger partial charge in [-0.1, -0.05) is 103 Å². The Hall–Kier alpha value is -6.53. The van der Waals surface area contributed by atoms with Crippen molar-refractivity contribution in [3.8, 4) is 45.3 Å². The molecule has 48 heavy (non-hydrogen) atoms. The van der Waals surface area contributed by atoms with E-state index in [1.807, 2.05) is 72.9 Å². The third-order valence-electron chi connectivity index (χ3n) is 9.22. The zero-order chi connectivity index (χ0) is 31.6. The normalized spacial score (nSPS) is 12.6. The Bertz CT molecular complexity index is 2740. The molecule has 0 amide bonds. The molecule has 6 heteroatoms. The Morgan fingerprint density at radius 1 is 0.500 bits per heavy atom. The van der Waals surface area contributed by atoms with Crippen LogP contribution in [0.2, 0.25) is 0 Å². The first kappa shape index (κ1) is 26.7. The first-order valence-corrected chi connectivity index (χ1v) is 16.0. The molecule has 6 aromatic carbocycles. The molecule has 0 radical (unpaired) electrons. The lowest BCUT2D eigenvalue weighted by Crippen LogP contribution is -2.09. The maximum atomic E-state index is 6.22. The number of para-hydroxylation sites is 1. The lowest BCUT2D eigenvalue weighted by Gasteiger charge is -2.12. The highest BCUT2D eigenvalue weighted by Gasteiger charge is 2.21. The molecular formula is C42H26N4O2. The van der Waals surface area contributed by atoms with Crippen molar-refractivity contribution in [3.63, 3.8) is 0 Å². The highest BCUT2D eigenvalue weighted by molar-refractivity contribution is 6.15. The fraction of sp³-hybridized carbons (Fsp3) is 0.0238. The van der Waals surface area contributed by atoms with Crippen LogP contribution in [0, 0.1) is 0 Å². The van der Waals surface area contributed by atoms with E-state index >= 15 is 0 Å². The summed E-state index contributed by atoms with van der Waals surface area (Å²) in [5, 5.41) is 8.83. The molecule has 4 heterocycles. The third kappa shape index (κ3) is 4.16. The molecule has 0 bridgehead atoms. The van der Waals surface area contributed by atoms with Crippen molar-refractivity contribution in [1.29, 1.82) is 0 Å². The van der Waals surface area contributed by atoms with Crippen molar-refractivity contribution in [2.45, 2.75) is 6.54 Å². The van der Waals surface area contributed by atoms with Crippen molar-refractivity contribution in [2.24, 2.45) is 0 Å². The van der Waals surface area contributed by atoms with Crippen LogP contribution in [-0.2, 0) is 6.54 Å². The molecule has 226 valence electrons. The summed E-state index contributed by atoms with van der Waals surface area (Å²) in [6.45, 7) is 0.675. The number of furan rings is 2. The van der Waals surface area contributed by atoms with Crippen LogP contribution in [0.5, 0.6) is 0 Å². The van der Waals surface area contributed by atoms with Gasteiger partial charge in [-0.3, -0.25) is 0 Å². The number of fused-ring (bicyclic) bond motifs is 7. The van der Waals surface area contributed by atoms with Crippen LogP contribution in [0.1, 0.15) is 11.3 Å². The second-order valence-electron chi connectivity index (χ2n) is 12.0. The number of nitrogens with zero attached hydrogens (tertiary/aromatic N) is 3. The van der Waals surface area contributed by atoms with E-state index in [0.717, 1.165) is 82.8 Å². The van der Waals surface area contributed by atoms with Crippen molar-refractivity contribution >= 4 is 49.8 Å². The van der Waals surface area contributed by atoms with Crippen molar-refractivity contribution in [2.75, 3.05) is 0 Å². The van der Waals surface area contributed by atoms with Gasteiger partial charge in [0.2, 0.25) is 0 Å². The predicted molar refractivity (Wildman–Crippen MR) is 192 cm³/mol. The van der Waals surface area contributed by atoms with Gasteiger partial charge < -0.3 is 14.2 Å². The third-order valence-corrected chi connectivity index (χ3v) is 9.22. The topological polar surface area (TPSA) is 77.0 Å². The van der Waals surface area contributed by atoms with Crippen LogP contribution in [0.4, 0.5) is 0 Å². The summed E-state index contributed by atoms with van der Waals surface area (Å²) in [7, 11) is 0. The minimum Gasteiger partial charge on any atom is -0.456 e. The molecule has 3 aromatic heterocycles. The van der Waals surface area contributed by atoms with Gasteiger partial charge in [0.1, 0.15) is 22.5 Å². The molecule has 6 nitrogen and oxygen atoms in total. The summed E-state index contributed by atoms with van der Waals surface area (Å²) < 4.78 is 12.4. The number of aromatic nitrogens is 3. The first-order chi connectivity index (χ1) is 23.8. The molecule has 0 spiro atoms. The van der Waals surface area contributed by atoms with Crippen LogP contribution < -0.4 is 5.32 Å². The molecule has 1 N–H and O–H groups in total. The minimum atomic E-state index is 0.606. The summed E-state index contributed by atoms with van der Waals surface area (Å²) in [6, 6.07) is 43.6. The average molecular weight is 619 g/mol. The van der Waals surface area contributed by atoms with Crippen LogP contribution in [0.15, 0.2) is 142 Å². The lowest BCUT2D eigenvalue weighted by atomic mass is 9.94. The van der Waals surface area contributed by atoms with E-state index in [1.54, 1.807) is 0 Å². The Labute approximate surface area is 275 Å². The van der Waals surface area contributed by atoms with Crippen molar-refractivity contribution in [1.82, 2.24) is 20.3 Å². The van der Waals surface area contributed by atoms with Crippen LogP contribution in [-0.4, -0.2) is 15.0 Å². The summed E-state index contributed by atoms with van der Waals surface area (Å²) in [5.74, 6) is 2.70. The highest BCUT2D eigenvalue weighted by Crippen LogP contribution is 2.40. The number of rotatable bonds is 4. The summed E-state index contributed by atoms with van der Waals surface area (Å²) in [6.07, 6.45) is 3.89. The molecule has 10 rings (SSSR count). The molecule has 0 fully saturated rings. The maximum absolute atomic E-state index is 6.22. The largest absolute Gasteiger partial charge is 0.456 e. The van der Waals surface area contributed by atoms with Gasteiger partial charge in [-0.2, -0.15) is 0 Å². The predicted octanol–water partition coefficient (Wildman–Crippen LogP) is 10.4. The van der Waals surface area contributed by atoms with E-state index < -0.39 is 0 Å². The summed E-state index contributed by atoms with van der Waals surface area (Å²) in [4.78, 5) is 15.2. The molecule has 1 aliphatic heterocycles. The minimum absolute atomic E-state index is 0.606. The Morgan fingerprint density at radius 3 is 2.10 bits per heavy atom. The number of hydrogen-bond acceptors (Lipinski definition) is 6. The van der Waals surface area contributed by atoms with Gasteiger partial charge in [-0.05, 0) is 52.2 Å². The van der Waals surface area contributed by atoms with E-state index in [0.29, 0.717) is 24.0 Å². The average Bonchev–Trinajstić information content (AvgIpc) is 3.73. The van der Waals surface area contributed by atoms with Crippen LogP contribution >= 0.6 is 0 Å². The smallest absolute Gasteiger partial charge is 0.164 e. The number of nitrogens with one attached hydrogen (secondary N) is 1. The second kappa shape index (κ2) is 10.5. The SMILES string of the molecule is C1=Cc2oc3cccc(-c4nc(-c5ccccc5)nc(-c5ccc6c(-c7cccc8oc9ccccc9c78)cccc6c5)n4)c3c2CN1. The van der Waals surface area contributed by atoms with Gasteiger partial charge >= 0.3 is 0 Å². The Balaban J connectivity index is 1.16. The maximum Gasteiger partial charge on any atom is 0.164 e. The highest BCUT2D eigenvalue weighted by atomic mass is 16.3. The second-order valence-corrected chi connectivity index (χ2v) is 12.0. The first-order valence-electron chi connectivity index (χ1n) is 16.0. The molecule has 0 atom stereocenters. The fourth-order valence-corrected chi connectivity index (χ4v) is 7.02. The molecule has 0 saturated carbocycles. The molecular weight excluding hydrogens is 592 g/mol. The number of hydrogen-bond donors (Lipinski definition) is 1. The van der Waals surface area contributed by atoms with E-state index in [2.05, 4.69) is 72.0 Å². The van der Waals surface area contributed by atoms with Gasteiger partial charge in [0.25, 0.3) is 0 Å². The molecule has 0 unspecified atom stereocenters. The fourth-order valence-electron chi connectivity index (χ4n) is 7.02. The van der Waals surface area contributed by atoms with Crippen molar-refractivity contribution in [3.05, 3.63) is 145 Å². The molecule has 9 aromatic rings. The molecule has 0 saturated heterocycles. The zero-order valence-corrected chi connectivity index (χ0v) is 25.6. The monoisotopic (exact) mass is 618 g/mol. The van der Waals surface area contributed by atoms with E-state index in [9.17, 15) is 0 Å². The standard InChI is InChI=1S/C42H26N4O2/c1-2-9-25(10-3-1)40-44-41(46-42(45-40)32-15-8-18-37-39(32)33-24-43-22-21-35(33)48-37)27-19-20-28-26(23-27)11-6-13-29(28)30-14-7-17-36-38(30)31-12-4-5-16-34(31)47-36/h1-23,43H,24H2. The quantitative estimate of drug-likeness (QED) is 0.211. The molecule has 0 aliphatic carbocycles. The van der Waals surface area contributed by atoms with Crippen LogP contribution in [0.3, 0.4) is 0 Å². The lowest BCUT2D eigenvalue weighted by molar-refractivity contribution is 0.592. The van der Waals surface area contributed by atoms with Crippen molar-refractivity contribution < 1.29 is 8.83 Å². The zero-order valence-electron chi connectivity index (χ0n) is 25.6. The van der Waals surface area contributed by atoms with E-state index in [1.165, 1.54) is 0 Å². The number of benzene rings is 6. The summed E-state index contributed by atoms with van der Waals surface area (Å²) >= 11 is 0.